The molecule has 0 aliphatic heterocycles. The molecule has 4 nitrogen and oxygen atoms in total. The molecule has 0 unspecified atom stereocenters. The van der Waals surface area contributed by atoms with Crippen LogP contribution in [0.25, 0.3) is 0 Å². The van der Waals surface area contributed by atoms with Crippen molar-refractivity contribution >= 4 is 34.8 Å². The Morgan fingerprint density at radius 2 is 1.89 bits per heavy atom. The Morgan fingerprint density at radius 1 is 1.19 bits per heavy atom. The van der Waals surface area contributed by atoms with Crippen molar-refractivity contribution in [3.63, 3.8) is 0 Å². The highest BCUT2D eigenvalue weighted by Crippen LogP contribution is 2.26. The van der Waals surface area contributed by atoms with Crippen molar-refractivity contribution < 1.29 is 13.5 Å². The number of nitrogens with zero attached hydrogens (tertiary/aromatic N) is 1. The van der Waals surface area contributed by atoms with Crippen LogP contribution in [0.5, 0.6) is 5.75 Å². The number of likely N-dealkylation sites (N-methyl/N-ethyl adjacent to an activating group) is 1. The minimum Gasteiger partial charge on any atom is -0.497 e. The van der Waals surface area contributed by atoms with E-state index in [1.54, 1.807) is 31.4 Å². The topological polar surface area (TPSA) is 36.5 Å². The third-order valence-electron chi connectivity index (χ3n) is 3.90. The van der Waals surface area contributed by atoms with E-state index in [1.807, 2.05) is 38.4 Å². The van der Waals surface area contributed by atoms with Crippen molar-refractivity contribution in [2.75, 3.05) is 33.1 Å². The van der Waals surface area contributed by atoms with Crippen molar-refractivity contribution in [3.8, 4) is 5.75 Å². The van der Waals surface area contributed by atoms with Crippen LogP contribution in [0.15, 0.2) is 53.4 Å². The first-order valence-corrected chi connectivity index (χ1v) is 9.58. The highest BCUT2D eigenvalue weighted by atomic mass is 32.2. The molecule has 2 aromatic rings. The van der Waals surface area contributed by atoms with Gasteiger partial charge in [0.25, 0.3) is 5.76 Å². The molecule has 0 heterocycles. The Morgan fingerprint density at radius 3 is 2.48 bits per heavy atom. The summed E-state index contributed by atoms with van der Waals surface area (Å²) in [5, 5.41) is 6.75. The van der Waals surface area contributed by atoms with Crippen molar-refractivity contribution in [3.05, 3.63) is 54.1 Å². The maximum absolute atomic E-state index is 12.4. The Bertz CT molecular complexity index is 742. The first-order chi connectivity index (χ1) is 12.9. The molecular weight excluding hydrogens is 388 g/mol. The van der Waals surface area contributed by atoms with Crippen molar-refractivity contribution in [1.29, 1.82) is 0 Å². The van der Waals surface area contributed by atoms with E-state index in [0.29, 0.717) is 28.3 Å². The molecule has 0 aliphatic carbocycles. The molecule has 0 saturated heterocycles. The number of hydrogen-bond donors (Lipinski definition) is 2. The predicted octanol–water partition coefficient (Wildman–Crippen LogP) is 4.60. The molecule has 0 spiro atoms. The van der Waals surface area contributed by atoms with Gasteiger partial charge in [0.1, 0.15) is 5.75 Å². The summed E-state index contributed by atoms with van der Waals surface area (Å²) in [6, 6.07) is 14.7. The monoisotopic (exact) mass is 411 g/mol. The first-order valence-electron chi connectivity index (χ1n) is 8.29. The van der Waals surface area contributed by atoms with Gasteiger partial charge < -0.3 is 20.3 Å². The van der Waals surface area contributed by atoms with Gasteiger partial charge in [-0.1, -0.05) is 23.9 Å². The summed E-state index contributed by atoms with van der Waals surface area (Å²) in [5.41, 5.74) is 1.86. The lowest BCUT2D eigenvalue weighted by Gasteiger charge is -2.26. The summed E-state index contributed by atoms with van der Waals surface area (Å²) in [4.78, 5) is 2.61. The average molecular weight is 412 g/mol. The number of benzene rings is 2. The number of ether oxygens (including phenoxy) is 1. The summed E-state index contributed by atoms with van der Waals surface area (Å²) < 4.78 is 30.0. The van der Waals surface area contributed by atoms with Gasteiger partial charge in [0.2, 0.25) is 0 Å². The summed E-state index contributed by atoms with van der Waals surface area (Å²) in [6.45, 7) is 0.602. The zero-order chi connectivity index (χ0) is 19.8. The smallest absolute Gasteiger partial charge is 0.288 e. The zero-order valence-electron chi connectivity index (χ0n) is 15.4. The number of anilines is 1. The maximum atomic E-state index is 12.4. The number of thiocarbonyl (C=S) groups is 1. The molecule has 0 radical (unpaired) electrons. The molecule has 2 N–H and O–H groups in total. The Balaban J connectivity index is 1.93. The summed E-state index contributed by atoms with van der Waals surface area (Å²) in [7, 11) is 5.65. The number of methoxy groups -OCH3 is 1. The lowest BCUT2D eigenvalue weighted by molar-refractivity contribution is 0.252. The van der Waals surface area contributed by atoms with Crippen LogP contribution < -0.4 is 15.4 Å². The fraction of sp³-hybridized carbons (Fsp3) is 0.316. The fourth-order valence-corrected chi connectivity index (χ4v) is 3.23. The average Bonchev–Trinajstić information content (AvgIpc) is 2.63. The molecule has 2 aromatic carbocycles. The number of thioether (sulfide) groups is 1. The molecule has 0 saturated carbocycles. The van der Waals surface area contributed by atoms with Gasteiger partial charge in [-0.15, -0.1) is 0 Å². The third-order valence-corrected chi connectivity index (χ3v) is 4.86. The number of halogens is 2. The van der Waals surface area contributed by atoms with Gasteiger partial charge in [-0.3, -0.25) is 0 Å². The zero-order valence-corrected chi connectivity index (χ0v) is 17.0. The van der Waals surface area contributed by atoms with E-state index >= 15 is 0 Å². The normalized spacial score (nSPS) is 12.1. The maximum Gasteiger partial charge on any atom is 0.288 e. The van der Waals surface area contributed by atoms with E-state index in [0.717, 1.165) is 17.0 Å². The lowest BCUT2D eigenvalue weighted by Crippen LogP contribution is -2.36. The summed E-state index contributed by atoms with van der Waals surface area (Å²) >= 11 is 5.87. The van der Waals surface area contributed by atoms with Crippen LogP contribution >= 0.6 is 24.0 Å². The SMILES string of the molecule is COc1cccc([C@H](CNC(=S)Nc2ccc(SC(F)F)cc2)N(C)C)c1. The second-order valence-corrected chi connectivity index (χ2v) is 7.47. The highest BCUT2D eigenvalue weighted by molar-refractivity contribution is 7.99. The van der Waals surface area contributed by atoms with Crippen LogP contribution in [-0.2, 0) is 0 Å². The van der Waals surface area contributed by atoms with E-state index in [4.69, 9.17) is 17.0 Å². The predicted molar refractivity (Wildman–Crippen MR) is 112 cm³/mol. The van der Waals surface area contributed by atoms with Crippen LogP contribution in [-0.4, -0.2) is 43.5 Å². The third kappa shape index (κ3) is 6.97. The Hall–Kier alpha value is -1.90. The molecule has 2 rings (SSSR count). The van der Waals surface area contributed by atoms with Crippen molar-refractivity contribution in [1.82, 2.24) is 10.2 Å². The number of rotatable bonds is 8. The molecule has 146 valence electrons. The number of alkyl halides is 2. The van der Waals surface area contributed by atoms with Gasteiger partial charge in [0.05, 0.1) is 13.2 Å². The van der Waals surface area contributed by atoms with Crippen LogP contribution in [0.4, 0.5) is 14.5 Å². The quantitative estimate of drug-likeness (QED) is 0.488. The van der Waals surface area contributed by atoms with Crippen LogP contribution in [0.2, 0.25) is 0 Å². The Kier molecular flexibility index (Phi) is 8.27. The van der Waals surface area contributed by atoms with Gasteiger partial charge >= 0.3 is 0 Å². The van der Waals surface area contributed by atoms with E-state index in [-0.39, 0.29) is 6.04 Å². The standard InChI is InChI=1S/C19H23F2N3OS2/c1-24(2)17(13-5-4-6-15(11-13)25-3)12-22-19(26)23-14-7-9-16(10-8-14)27-18(20)21/h4-11,17-18H,12H2,1-3H3,(H2,22,23,26)/t17-/m0/s1. The number of hydrogen-bond acceptors (Lipinski definition) is 4. The van der Waals surface area contributed by atoms with Gasteiger partial charge in [0, 0.05) is 17.1 Å². The molecule has 0 aromatic heterocycles. The summed E-state index contributed by atoms with van der Waals surface area (Å²) in [6.07, 6.45) is 0. The molecule has 0 fully saturated rings. The molecule has 0 amide bonds. The van der Waals surface area contributed by atoms with Crippen LogP contribution in [0, 0.1) is 0 Å². The Labute approximate surface area is 168 Å². The van der Waals surface area contributed by atoms with Gasteiger partial charge in [-0.25, -0.2) is 0 Å². The van der Waals surface area contributed by atoms with E-state index in [1.165, 1.54) is 0 Å². The molecular formula is C19H23F2N3OS2. The van der Waals surface area contributed by atoms with Gasteiger partial charge in [-0.05, 0) is 68.3 Å². The van der Waals surface area contributed by atoms with Crippen LogP contribution in [0.3, 0.4) is 0 Å². The highest BCUT2D eigenvalue weighted by Gasteiger charge is 2.15. The minimum atomic E-state index is -2.42. The van der Waals surface area contributed by atoms with Crippen LogP contribution in [0.1, 0.15) is 11.6 Å². The molecule has 8 heteroatoms. The van der Waals surface area contributed by atoms with Gasteiger partial charge in [-0.2, -0.15) is 8.78 Å². The molecule has 0 bridgehead atoms. The van der Waals surface area contributed by atoms with Crippen molar-refractivity contribution in [2.24, 2.45) is 0 Å². The lowest BCUT2D eigenvalue weighted by atomic mass is 10.1. The second-order valence-electron chi connectivity index (χ2n) is 5.99. The second kappa shape index (κ2) is 10.4. The summed E-state index contributed by atoms with van der Waals surface area (Å²) in [5.74, 6) is -1.62. The van der Waals surface area contributed by atoms with Gasteiger partial charge in [0.15, 0.2) is 5.11 Å². The molecule has 0 aliphatic rings. The first kappa shape index (κ1) is 21.4. The fourth-order valence-electron chi connectivity index (χ4n) is 2.53. The van der Waals surface area contributed by atoms with E-state index < -0.39 is 5.76 Å². The molecule has 1 atom stereocenters. The number of nitrogens with one attached hydrogen (secondary N) is 2. The van der Waals surface area contributed by atoms with E-state index in [9.17, 15) is 8.78 Å². The van der Waals surface area contributed by atoms with E-state index in [2.05, 4.69) is 15.5 Å². The molecule has 27 heavy (non-hydrogen) atoms. The largest absolute Gasteiger partial charge is 0.497 e. The minimum absolute atomic E-state index is 0.102. The van der Waals surface area contributed by atoms with Crippen molar-refractivity contribution in [2.45, 2.75) is 16.7 Å².